The monoisotopic (exact) mass is 689 g/mol. The topological polar surface area (TPSA) is 46.1 Å². The lowest BCUT2D eigenvalue weighted by molar-refractivity contribution is -0.132. The minimum atomic E-state index is -0.770. The van der Waals surface area contributed by atoms with E-state index in [9.17, 15) is 0 Å². The highest BCUT2D eigenvalue weighted by Crippen LogP contribution is 2.69. The Kier molecular flexibility index (Phi) is 6.34. The predicted octanol–water partition coefficient (Wildman–Crippen LogP) is 8.93. The van der Waals surface area contributed by atoms with E-state index < -0.39 is 11.0 Å². The van der Waals surface area contributed by atoms with Crippen LogP contribution in [0.15, 0.2) is 112 Å². The molecule has 2 spiro atoms. The van der Waals surface area contributed by atoms with E-state index in [1.165, 1.54) is 5.56 Å². The Morgan fingerprint density at radius 3 is 2.23 bits per heavy atom. The molecule has 4 aromatic carbocycles. The maximum absolute atomic E-state index is 15.5. The fourth-order valence-electron chi connectivity index (χ4n) is 8.30. The quantitative estimate of drug-likeness (QED) is 0.174. The summed E-state index contributed by atoms with van der Waals surface area (Å²) >= 11 is 7.19. The zero-order valence-corrected chi connectivity index (χ0v) is 26.9. The molecular weight excluding hydrogens is 662 g/mol. The standard InChI is InChI=1S/C37H29Br2N3O/c1-42-22-30(24-14-18-27(39)19-15-24)36(20-6-7-25(35(36)43)21-23-12-16-26(38)17-13-23)37(42)29-9-3-2-8-28(29)33-34(37)41-32-11-5-4-10-31(32)40-33/h2-5,8-19,21,30H,6-7,20,22H2,1H3. The first-order valence-electron chi connectivity index (χ1n) is 14.8. The average molecular weight is 691 g/mol. The number of benzene rings is 4. The number of halogens is 2. The number of carbonyl (C=O) groups excluding carboxylic acids is 1. The maximum Gasteiger partial charge on any atom is 0.168 e. The summed E-state index contributed by atoms with van der Waals surface area (Å²) in [6, 6.07) is 33.5. The first kappa shape index (κ1) is 27.1. The highest BCUT2D eigenvalue weighted by Gasteiger charge is 2.72. The maximum atomic E-state index is 15.5. The number of nitrogens with zero attached hydrogens (tertiary/aromatic N) is 3. The van der Waals surface area contributed by atoms with Gasteiger partial charge in [0.15, 0.2) is 5.78 Å². The minimum Gasteiger partial charge on any atom is -0.294 e. The largest absolute Gasteiger partial charge is 0.294 e. The van der Waals surface area contributed by atoms with E-state index in [1.807, 2.05) is 36.4 Å². The second-order valence-electron chi connectivity index (χ2n) is 12.0. The molecule has 8 rings (SSSR count). The molecule has 0 amide bonds. The second kappa shape index (κ2) is 10.0. The first-order valence-corrected chi connectivity index (χ1v) is 16.4. The number of ketones is 1. The molecule has 3 aliphatic rings. The van der Waals surface area contributed by atoms with E-state index in [0.29, 0.717) is 0 Å². The van der Waals surface area contributed by atoms with Crippen molar-refractivity contribution in [2.24, 2.45) is 5.41 Å². The van der Waals surface area contributed by atoms with Crippen LogP contribution in [-0.2, 0) is 10.3 Å². The summed E-state index contributed by atoms with van der Waals surface area (Å²) in [5.74, 6) is 0.204. The van der Waals surface area contributed by atoms with Gasteiger partial charge in [-0.3, -0.25) is 9.69 Å². The summed E-state index contributed by atoms with van der Waals surface area (Å²) < 4.78 is 2.06. The summed E-state index contributed by atoms with van der Waals surface area (Å²) in [5, 5.41) is 0. The smallest absolute Gasteiger partial charge is 0.168 e. The van der Waals surface area contributed by atoms with E-state index in [4.69, 9.17) is 9.97 Å². The van der Waals surface area contributed by atoms with Crippen molar-refractivity contribution >= 4 is 54.8 Å². The number of hydrogen-bond donors (Lipinski definition) is 0. The molecule has 212 valence electrons. The number of aromatic nitrogens is 2. The van der Waals surface area contributed by atoms with Gasteiger partial charge in [-0.05, 0) is 91.0 Å². The number of hydrogen-bond acceptors (Lipinski definition) is 4. The van der Waals surface area contributed by atoms with Crippen LogP contribution in [0, 0.1) is 5.41 Å². The Hall–Kier alpha value is -3.45. The van der Waals surface area contributed by atoms with Crippen LogP contribution in [0.1, 0.15) is 47.6 Å². The molecule has 5 aromatic rings. The number of para-hydroxylation sites is 2. The van der Waals surface area contributed by atoms with Crippen LogP contribution in [0.2, 0.25) is 0 Å². The number of fused-ring (bicyclic) bond motifs is 7. The van der Waals surface area contributed by atoms with Gasteiger partial charge in [0.1, 0.15) is 5.54 Å². The lowest BCUT2D eigenvalue weighted by atomic mass is 9.53. The van der Waals surface area contributed by atoms with Crippen molar-refractivity contribution in [3.8, 4) is 11.3 Å². The number of likely N-dealkylation sites (N-methyl/N-ethyl adjacent to an activating group) is 1. The Bertz CT molecular complexity index is 1950. The number of rotatable bonds is 2. The molecule has 43 heavy (non-hydrogen) atoms. The van der Waals surface area contributed by atoms with Crippen molar-refractivity contribution < 1.29 is 4.79 Å². The SMILES string of the molecule is CN1CC(c2ccc(Br)cc2)C2(CCCC(=Cc3ccc(Br)cc3)C2=O)C12c1ccccc1-c1nc3ccccc3nc12. The van der Waals surface area contributed by atoms with Gasteiger partial charge in [0.2, 0.25) is 0 Å². The second-order valence-corrected chi connectivity index (χ2v) is 13.9. The van der Waals surface area contributed by atoms with Crippen molar-refractivity contribution in [2.45, 2.75) is 30.7 Å². The van der Waals surface area contributed by atoms with Crippen LogP contribution in [0.4, 0.5) is 0 Å². The molecule has 0 radical (unpaired) electrons. The van der Waals surface area contributed by atoms with E-state index in [2.05, 4.69) is 111 Å². The molecule has 1 aliphatic heterocycles. The van der Waals surface area contributed by atoms with Gasteiger partial charge in [-0.15, -0.1) is 0 Å². The summed E-state index contributed by atoms with van der Waals surface area (Å²) in [6.45, 7) is 0.737. The lowest BCUT2D eigenvalue weighted by Gasteiger charge is -2.50. The zero-order valence-electron chi connectivity index (χ0n) is 23.7. The molecule has 2 heterocycles. The molecule has 6 heteroatoms. The first-order chi connectivity index (χ1) is 20.9. The average Bonchev–Trinajstić information content (AvgIpc) is 3.46. The third-order valence-corrected chi connectivity index (χ3v) is 11.0. The van der Waals surface area contributed by atoms with Crippen LogP contribution in [0.25, 0.3) is 28.4 Å². The summed E-state index contributed by atoms with van der Waals surface area (Å²) in [7, 11) is 2.18. The molecule has 0 N–H and O–H groups in total. The van der Waals surface area contributed by atoms with Gasteiger partial charge in [-0.1, -0.05) is 92.5 Å². The molecule has 1 saturated carbocycles. The Morgan fingerprint density at radius 2 is 1.49 bits per heavy atom. The van der Waals surface area contributed by atoms with Crippen molar-refractivity contribution in [3.05, 3.63) is 134 Å². The third kappa shape index (κ3) is 3.79. The van der Waals surface area contributed by atoms with E-state index in [0.717, 1.165) is 79.4 Å². The lowest BCUT2D eigenvalue weighted by Crippen LogP contribution is -2.56. The summed E-state index contributed by atoms with van der Waals surface area (Å²) in [5.41, 5.74) is 7.35. The van der Waals surface area contributed by atoms with Crippen LogP contribution >= 0.6 is 31.9 Å². The van der Waals surface area contributed by atoms with Crippen molar-refractivity contribution in [3.63, 3.8) is 0 Å². The van der Waals surface area contributed by atoms with Gasteiger partial charge in [0.05, 0.1) is 27.8 Å². The fraction of sp³-hybridized carbons (Fsp3) is 0.216. The molecule has 0 bridgehead atoms. The highest BCUT2D eigenvalue weighted by molar-refractivity contribution is 9.10. The van der Waals surface area contributed by atoms with Crippen LogP contribution in [0.3, 0.4) is 0 Å². The number of likely N-dealkylation sites (tertiary alicyclic amines) is 1. The van der Waals surface area contributed by atoms with Crippen LogP contribution in [-0.4, -0.2) is 34.2 Å². The molecule has 3 unspecified atom stereocenters. The number of Topliss-reactive ketones (excluding diaryl/α,β-unsaturated/α-hetero) is 1. The molecule has 4 nitrogen and oxygen atoms in total. The van der Waals surface area contributed by atoms with Gasteiger partial charge in [-0.2, -0.15) is 0 Å². The fourth-order valence-corrected chi connectivity index (χ4v) is 8.83. The molecule has 1 saturated heterocycles. The van der Waals surface area contributed by atoms with Crippen LogP contribution < -0.4 is 0 Å². The normalized spacial score (nSPS) is 25.6. The Labute approximate surface area is 268 Å². The van der Waals surface area contributed by atoms with E-state index >= 15 is 4.79 Å². The minimum absolute atomic E-state index is 0.0287. The van der Waals surface area contributed by atoms with Gasteiger partial charge in [-0.25, -0.2) is 9.97 Å². The third-order valence-electron chi connectivity index (χ3n) is 9.95. The van der Waals surface area contributed by atoms with Crippen LogP contribution in [0.5, 0.6) is 0 Å². The highest BCUT2D eigenvalue weighted by atomic mass is 79.9. The van der Waals surface area contributed by atoms with Crippen molar-refractivity contribution in [2.75, 3.05) is 13.6 Å². The van der Waals surface area contributed by atoms with E-state index in [-0.39, 0.29) is 11.7 Å². The van der Waals surface area contributed by atoms with Crippen molar-refractivity contribution in [1.29, 1.82) is 0 Å². The summed E-state index contributed by atoms with van der Waals surface area (Å²) in [4.78, 5) is 28.6. The number of allylic oxidation sites excluding steroid dienone is 1. The van der Waals surface area contributed by atoms with E-state index in [1.54, 1.807) is 0 Å². The number of carbonyl (C=O) groups is 1. The molecule has 3 atom stereocenters. The molecule has 1 aromatic heterocycles. The Morgan fingerprint density at radius 1 is 0.837 bits per heavy atom. The van der Waals surface area contributed by atoms with Gasteiger partial charge < -0.3 is 0 Å². The predicted molar refractivity (Wildman–Crippen MR) is 179 cm³/mol. The van der Waals surface area contributed by atoms with Gasteiger partial charge in [0.25, 0.3) is 0 Å². The van der Waals surface area contributed by atoms with Gasteiger partial charge in [0, 0.05) is 27.0 Å². The van der Waals surface area contributed by atoms with Gasteiger partial charge >= 0.3 is 0 Å². The summed E-state index contributed by atoms with van der Waals surface area (Å²) in [6.07, 6.45) is 4.58. The van der Waals surface area contributed by atoms with Crippen molar-refractivity contribution in [1.82, 2.24) is 14.9 Å². The zero-order chi connectivity index (χ0) is 29.3. The molecular formula is C37H29Br2N3O. The molecule has 2 fully saturated rings. The Balaban J connectivity index is 1.44. The molecule has 2 aliphatic carbocycles.